The van der Waals surface area contributed by atoms with Crippen LogP contribution in [0.15, 0.2) is 11.0 Å². The first-order valence-electron chi connectivity index (χ1n) is 6.36. The molecule has 0 saturated heterocycles. The van der Waals surface area contributed by atoms with Gasteiger partial charge in [0.2, 0.25) is 6.30 Å². The van der Waals surface area contributed by atoms with Gasteiger partial charge in [-0.05, 0) is 6.92 Å². The molecular formula is C12H21FN4O4. The fourth-order valence-electron chi connectivity index (χ4n) is 2.02. The second-order valence-electron chi connectivity index (χ2n) is 4.76. The van der Waals surface area contributed by atoms with E-state index in [1.165, 1.54) is 7.11 Å². The molecule has 0 radical (unpaired) electrons. The normalized spacial score (nSPS) is 17.2. The van der Waals surface area contributed by atoms with Crippen molar-refractivity contribution in [3.05, 3.63) is 22.2 Å². The number of hydrogen-bond acceptors (Lipinski definition) is 7. The van der Waals surface area contributed by atoms with Crippen LogP contribution in [-0.4, -0.2) is 51.7 Å². The van der Waals surface area contributed by atoms with Gasteiger partial charge in [0.1, 0.15) is 17.5 Å². The molecule has 0 spiro atoms. The molecule has 8 nitrogen and oxygen atoms in total. The van der Waals surface area contributed by atoms with Crippen LogP contribution < -0.4 is 17.2 Å². The Morgan fingerprint density at radius 2 is 2.24 bits per heavy atom. The molecule has 0 aliphatic carbocycles. The summed E-state index contributed by atoms with van der Waals surface area (Å²) >= 11 is 0. The van der Waals surface area contributed by atoms with Crippen molar-refractivity contribution in [3.63, 3.8) is 0 Å². The highest BCUT2D eigenvalue weighted by atomic mass is 19.1. The third kappa shape index (κ3) is 3.38. The number of nitrogen functional groups attached to an aromatic ring is 1. The summed E-state index contributed by atoms with van der Waals surface area (Å²) in [5, 5.41) is 19.2. The van der Waals surface area contributed by atoms with E-state index in [0.717, 1.165) is 6.20 Å². The number of hydrogen-bond donors (Lipinski definition) is 4. The number of aliphatic hydroxyl groups is 2. The standard InChI is InChI=1S/C12H21FN4O4/c1-7-5-17(11(20)16-10(7)15)9(13)8(19)12(6-14,21-2)3-4-18/h5,8-9,18-19H,3-4,6,14H2,1-2H3,(H2,15,16,20)/t8-,9-,12-/m0/s1. The van der Waals surface area contributed by atoms with Crippen LogP contribution in [0.5, 0.6) is 0 Å². The molecule has 120 valence electrons. The Hall–Kier alpha value is -1.55. The molecular weight excluding hydrogens is 283 g/mol. The van der Waals surface area contributed by atoms with Crippen LogP contribution in [0, 0.1) is 6.92 Å². The zero-order chi connectivity index (χ0) is 16.2. The molecule has 0 bridgehead atoms. The van der Waals surface area contributed by atoms with Crippen LogP contribution in [0.4, 0.5) is 10.2 Å². The Morgan fingerprint density at radius 3 is 2.71 bits per heavy atom. The van der Waals surface area contributed by atoms with E-state index >= 15 is 0 Å². The highest BCUT2D eigenvalue weighted by molar-refractivity contribution is 5.35. The fraction of sp³-hybridized carbons (Fsp3) is 0.667. The SMILES string of the molecule is CO[C@](CN)(CCO)[C@@H](O)[C@@H](F)n1cc(C)c(N)nc1=O. The summed E-state index contributed by atoms with van der Waals surface area (Å²) in [7, 11) is 1.24. The molecule has 0 saturated carbocycles. The monoisotopic (exact) mass is 304 g/mol. The molecule has 6 N–H and O–H groups in total. The van der Waals surface area contributed by atoms with E-state index in [0.29, 0.717) is 10.1 Å². The van der Waals surface area contributed by atoms with Crippen LogP contribution in [0.2, 0.25) is 0 Å². The second-order valence-corrected chi connectivity index (χ2v) is 4.76. The molecule has 0 aromatic carbocycles. The van der Waals surface area contributed by atoms with E-state index in [1.807, 2.05) is 0 Å². The van der Waals surface area contributed by atoms with Crippen molar-refractivity contribution < 1.29 is 19.3 Å². The van der Waals surface area contributed by atoms with E-state index < -0.39 is 23.7 Å². The number of anilines is 1. The Bertz CT molecular complexity index is 532. The van der Waals surface area contributed by atoms with Gasteiger partial charge in [0.25, 0.3) is 0 Å². The summed E-state index contributed by atoms with van der Waals surface area (Å²) in [6.07, 6.45) is -2.83. The number of aliphatic hydroxyl groups excluding tert-OH is 2. The van der Waals surface area contributed by atoms with Gasteiger partial charge < -0.3 is 26.4 Å². The van der Waals surface area contributed by atoms with Gasteiger partial charge in [-0.1, -0.05) is 0 Å². The first kappa shape index (κ1) is 17.5. The fourth-order valence-corrected chi connectivity index (χ4v) is 2.02. The molecule has 3 atom stereocenters. The number of nitrogens with two attached hydrogens (primary N) is 2. The van der Waals surface area contributed by atoms with Crippen molar-refractivity contribution in [2.45, 2.75) is 31.3 Å². The van der Waals surface area contributed by atoms with Gasteiger partial charge in [0.15, 0.2) is 0 Å². The zero-order valence-corrected chi connectivity index (χ0v) is 12.0. The van der Waals surface area contributed by atoms with Gasteiger partial charge in [0, 0.05) is 38.4 Å². The van der Waals surface area contributed by atoms with Gasteiger partial charge in [-0.25, -0.2) is 9.18 Å². The molecule has 1 aromatic rings. The third-order valence-corrected chi connectivity index (χ3v) is 3.53. The minimum Gasteiger partial charge on any atom is -0.396 e. The first-order chi connectivity index (χ1) is 9.82. The van der Waals surface area contributed by atoms with E-state index in [9.17, 15) is 14.3 Å². The smallest absolute Gasteiger partial charge is 0.351 e. The van der Waals surface area contributed by atoms with Crippen molar-refractivity contribution in [1.29, 1.82) is 0 Å². The highest BCUT2D eigenvalue weighted by Gasteiger charge is 2.42. The summed E-state index contributed by atoms with van der Waals surface area (Å²) in [6, 6.07) is 0. The van der Waals surface area contributed by atoms with Crippen LogP contribution in [0.3, 0.4) is 0 Å². The van der Waals surface area contributed by atoms with Crippen LogP contribution in [0.25, 0.3) is 0 Å². The number of nitrogens with zero attached hydrogens (tertiary/aromatic N) is 2. The molecule has 0 unspecified atom stereocenters. The molecule has 9 heteroatoms. The van der Waals surface area contributed by atoms with Crippen molar-refractivity contribution in [1.82, 2.24) is 9.55 Å². The molecule has 1 rings (SSSR count). The number of alkyl halides is 1. The van der Waals surface area contributed by atoms with E-state index in [1.54, 1.807) is 6.92 Å². The van der Waals surface area contributed by atoms with E-state index in [2.05, 4.69) is 4.98 Å². The first-order valence-corrected chi connectivity index (χ1v) is 6.36. The topological polar surface area (TPSA) is 137 Å². The number of aryl methyl sites for hydroxylation is 1. The number of aromatic nitrogens is 2. The maximum absolute atomic E-state index is 14.5. The summed E-state index contributed by atoms with van der Waals surface area (Å²) < 4.78 is 20.2. The number of ether oxygens (including phenoxy) is 1. The predicted molar refractivity (Wildman–Crippen MR) is 74.3 cm³/mol. The summed E-state index contributed by atoms with van der Waals surface area (Å²) in [4.78, 5) is 15.2. The largest absolute Gasteiger partial charge is 0.396 e. The molecule has 0 amide bonds. The Kier molecular flexibility index (Phi) is 5.78. The van der Waals surface area contributed by atoms with Gasteiger partial charge in [-0.2, -0.15) is 4.98 Å². The minimum absolute atomic E-state index is 0.00914. The lowest BCUT2D eigenvalue weighted by molar-refractivity contribution is -0.147. The van der Waals surface area contributed by atoms with Crippen LogP contribution >= 0.6 is 0 Å². The molecule has 0 aliphatic heterocycles. The lowest BCUT2D eigenvalue weighted by Gasteiger charge is -2.37. The van der Waals surface area contributed by atoms with Gasteiger partial charge in [-0.3, -0.25) is 4.57 Å². The predicted octanol–water partition coefficient (Wildman–Crippen LogP) is -1.31. The van der Waals surface area contributed by atoms with Gasteiger partial charge >= 0.3 is 5.69 Å². The van der Waals surface area contributed by atoms with Gasteiger partial charge in [-0.15, -0.1) is 0 Å². The lowest BCUT2D eigenvalue weighted by atomic mass is 9.91. The minimum atomic E-state index is -2.14. The molecule has 21 heavy (non-hydrogen) atoms. The van der Waals surface area contributed by atoms with Crippen molar-refractivity contribution in [3.8, 4) is 0 Å². The summed E-state index contributed by atoms with van der Waals surface area (Å²) in [5.74, 6) is -0.00914. The maximum Gasteiger partial charge on any atom is 0.351 e. The molecule has 0 aliphatic rings. The lowest BCUT2D eigenvalue weighted by Crippen LogP contribution is -2.54. The average molecular weight is 304 g/mol. The average Bonchev–Trinajstić information content (AvgIpc) is 2.47. The number of rotatable bonds is 7. The Morgan fingerprint density at radius 1 is 1.62 bits per heavy atom. The number of methoxy groups -OCH3 is 1. The van der Waals surface area contributed by atoms with Crippen molar-refractivity contribution in [2.24, 2.45) is 5.73 Å². The summed E-state index contributed by atoms with van der Waals surface area (Å²) in [5.41, 5.74) is 8.94. The zero-order valence-electron chi connectivity index (χ0n) is 12.0. The van der Waals surface area contributed by atoms with Crippen molar-refractivity contribution >= 4 is 5.82 Å². The van der Waals surface area contributed by atoms with Crippen LogP contribution in [-0.2, 0) is 4.74 Å². The summed E-state index contributed by atoms with van der Waals surface area (Å²) in [6.45, 7) is 0.960. The molecule has 1 aromatic heterocycles. The quantitative estimate of drug-likeness (QED) is 0.491. The Labute approximate surface area is 121 Å². The maximum atomic E-state index is 14.5. The van der Waals surface area contributed by atoms with E-state index in [4.69, 9.17) is 21.3 Å². The molecule has 0 fully saturated rings. The Balaban J connectivity index is 3.20. The van der Waals surface area contributed by atoms with Crippen LogP contribution in [0.1, 0.15) is 18.3 Å². The highest BCUT2D eigenvalue weighted by Crippen LogP contribution is 2.28. The van der Waals surface area contributed by atoms with Crippen molar-refractivity contribution in [2.75, 3.05) is 26.0 Å². The van der Waals surface area contributed by atoms with Gasteiger partial charge in [0.05, 0.1) is 0 Å². The number of halogens is 1. The van der Waals surface area contributed by atoms with E-state index in [-0.39, 0.29) is 25.4 Å². The third-order valence-electron chi connectivity index (χ3n) is 3.53. The second kappa shape index (κ2) is 6.94. The molecule has 1 heterocycles.